The third-order valence-electron chi connectivity index (χ3n) is 4.24. The Balaban J connectivity index is 3.75. The van der Waals surface area contributed by atoms with Crippen molar-refractivity contribution in [3.8, 4) is 0 Å². The topological polar surface area (TPSA) is 0 Å². The molecule has 0 amide bonds. The molecular weight excluding hydrogens is 192 g/mol. The van der Waals surface area contributed by atoms with Crippen LogP contribution in [-0.2, 0) is 0 Å². The van der Waals surface area contributed by atoms with Gasteiger partial charge in [0.25, 0.3) is 0 Å². The van der Waals surface area contributed by atoms with Crippen LogP contribution >= 0.6 is 0 Å². The Morgan fingerprint density at radius 1 is 0.750 bits per heavy atom. The van der Waals surface area contributed by atoms with E-state index in [0.717, 1.165) is 23.7 Å². The Bertz CT molecular complexity index is 150. The van der Waals surface area contributed by atoms with Crippen molar-refractivity contribution in [1.82, 2.24) is 0 Å². The predicted octanol–water partition coefficient (Wildman–Crippen LogP) is 5.91. The van der Waals surface area contributed by atoms with E-state index in [1.165, 1.54) is 38.5 Å². The third kappa shape index (κ3) is 7.30. The summed E-state index contributed by atoms with van der Waals surface area (Å²) in [7, 11) is 0. The van der Waals surface area contributed by atoms with Gasteiger partial charge in [-0.05, 0) is 36.5 Å². The van der Waals surface area contributed by atoms with Gasteiger partial charge in [0.1, 0.15) is 0 Å². The summed E-state index contributed by atoms with van der Waals surface area (Å²) in [6, 6.07) is 0. The fourth-order valence-corrected chi connectivity index (χ4v) is 2.72. The molecule has 0 N–H and O–H groups in total. The second kappa shape index (κ2) is 9.07. The van der Waals surface area contributed by atoms with Crippen LogP contribution in [0.2, 0.25) is 0 Å². The summed E-state index contributed by atoms with van der Waals surface area (Å²) >= 11 is 0. The van der Waals surface area contributed by atoms with Crippen molar-refractivity contribution < 1.29 is 0 Å². The summed E-state index contributed by atoms with van der Waals surface area (Å²) in [5.41, 5.74) is 0. The van der Waals surface area contributed by atoms with E-state index < -0.39 is 0 Å². The molecule has 0 aromatic carbocycles. The van der Waals surface area contributed by atoms with E-state index >= 15 is 0 Å². The standard InChI is InChI=1S/C16H34/c1-7-9-10-13(3)11-14(4)12-16(6)15(5)8-2/h13-16H,7-12H2,1-6H3. The molecule has 0 fully saturated rings. The molecular formula is C16H34. The monoisotopic (exact) mass is 226 g/mol. The SMILES string of the molecule is CCCCC(C)CC(C)CC(C)C(C)CC. The molecule has 0 aliphatic rings. The van der Waals surface area contributed by atoms with E-state index in [1.54, 1.807) is 0 Å². The molecule has 0 heteroatoms. The smallest absolute Gasteiger partial charge is 0.0415 e. The van der Waals surface area contributed by atoms with Crippen molar-refractivity contribution >= 4 is 0 Å². The summed E-state index contributed by atoms with van der Waals surface area (Å²) < 4.78 is 0. The highest BCUT2D eigenvalue weighted by molar-refractivity contribution is 4.67. The zero-order chi connectivity index (χ0) is 12.6. The van der Waals surface area contributed by atoms with Crippen LogP contribution in [0.5, 0.6) is 0 Å². The molecule has 0 aliphatic carbocycles. The Morgan fingerprint density at radius 2 is 1.38 bits per heavy atom. The molecule has 0 saturated heterocycles. The highest BCUT2D eigenvalue weighted by atomic mass is 14.2. The molecule has 16 heavy (non-hydrogen) atoms. The minimum absolute atomic E-state index is 0.897. The molecule has 0 heterocycles. The highest BCUT2D eigenvalue weighted by Crippen LogP contribution is 2.27. The summed E-state index contributed by atoms with van der Waals surface area (Å²) in [5.74, 6) is 3.64. The van der Waals surface area contributed by atoms with E-state index in [9.17, 15) is 0 Å². The largest absolute Gasteiger partial charge is 0.0654 e. The molecule has 98 valence electrons. The van der Waals surface area contributed by atoms with Crippen LogP contribution in [0.3, 0.4) is 0 Å². The van der Waals surface area contributed by atoms with E-state index in [1.807, 2.05) is 0 Å². The highest BCUT2D eigenvalue weighted by Gasteiger charge is 2.15. The molecule has 0 spiro atoms. The van der Waals surface area contributed by atoms with Crippen LogP contribution in [0.15, 0.2) is 0 Å². The first-order valence-electron chi connectivity index (χ1n) is 7.51. The van der Waals surface area contributed by atoms with Gasteiger partial charge in [0.05, 0.1) is 0 Å². The van der Waals surface area contributed by atoms with Crippen LogP contribution in [0, 0.1) is 23.7 Å². The molecule has 0 aliphatic heterocycles. The van der Waals surface area contributed by atoms with Crippen LogP contribution in [-0.4, -0.2) is 0 Å². The van der Waals surface area contributed by atoms with E-state index in [-0.39, 0.29) is 0 Å². The molecule has 4 atom stereocenters. The minimum Gasteiger partial charge on any atom is -0.0654 e. The van der Waals surface area contributed by atoms with Crippen LogP contribution in [0.4, 0.5) is 0 Å². The first kappa shape index (κ1) is 16.0. The summed E-state index contributed by atoms with van der Waals surface area (Å²) in [4.78, 5) is 0. The fraction of sp³-hybridized carbons (Fsp3) is 1.00. The van der Waals surface area contributed by atoms with Gasteiger partial charge >= 0.3 is 0 Å². The lowest BCUT2D eigenvalue weighted by Crippen LogP contribution is -2.13. The summed E-state index contributed by atoms with van der Waals surface area (Å²) in [6.07, 6.45) is 8.38. The first-order chi connectivity index (χ1) is 7.51. The van der Waals surface area contributed by atoms with Gasteiger partial charge in [-0.25, -0.2) is 0 Å². The molecule has 0 bridgehead atoms. The average molecular weight is 226 g/mol. The Morgan fingerprint density at radius 3 is 1.88 bits per heavy atom. The Labute approximate surface area is 104 Å². The van der Waals surface area contributed by atoms with Crippen molar-refractivity contribution in [2.45, 2.75) is 80.1 Å². The lowest BCUT2D eigenvalue weighted by molar-refractivity contribution is 0.273. The Kier molecular flexibility index (Phi) is 9.07. The quantitative estimate of drug-likeness (QED) is 0.458. The van der Waals surface area contributed by atoms with Gasteiger partial charge in [-0.15, -0.1) is 0 Å². The van der Waals surface area contributed by atoms with Gasteiger partial charge < -0.3 is 0 Å². The van der Waals surface area contributed by atoms with Crippen LogP contribution < -0.4 is 0 Å². The van der Waals surface area contributed by atoms with Gasteiger partial charge in [0, 0.05) is 0 Å². The zero-order valence-electron chi connectivity index (χ0n) is 12.6. The normalized spacial score (nSPS) is 19.1. The molecule has 0 aromatic rings. The van der Waals surface area contributed by atoms with Crippen LogP contribution in [0.1, 0.15) is 80.1 Å². The molecule has 0 nitrogen and oxygen atoms in total. The Hall–Kier alpha value is 0. The zero-order valence-corrected chi connectivity index (χ0v) is 12.6. The molecule has 4 unspecified atom stereocenters. The average Bonchev–Trinajstić information content (AvgIpc) is 2.24. The van der Waals surface area contributed by atoms with Gasteiger partial charge in [-0.2, -0.15) is 0 Å². The maximum atomic E-state index is 2.45. The molecule has 0 saturated carbocycles. The number of rotatable bonds is 9. The number of hydrogen-bond acceptors (Lipinski definition) is 0. The molecule has 0 rings (SSSR count). The van der Waals surface area contributed by atoms with Crippen molar-refractivity contribution in [2.24, 2.45) is 23.7 Å². The van der Waals surface area contributed by atoms with Gasteiger partial charge in [0.2, 0.25) is 0 Å². The van der Waals surface area contributed by atoms with Crippen molar-refractivity contribution in [2.75, 3.05) is 0 Å². The third-order valence-corrected chi connectivity index (χ3v) is 4.24. The first-order valence-corrected chi connectivity index (χ1v) is 7.51. The number of hydrogen-bond donors (Lipinski definition) is 0. The minimum atomic E-state index is 0.897. The second-order valence-electron chi connectivity index (χ2n) is 6.19. The van der Waals surface area contributed by atoms with Crippen molar-refractivity contribution in [3.05, 3.63) is 0 Å². The lowest BCUT2D eigenvalue weighted by atomic mass is 9.82. The summed E-state index contributed by atoms with van der Waals surface area (Å²) in [6.45, 7) is 14.3. The van der Waals surface area contributed by atoms with E-state index in [2.05, 4.69) is 41.5 Å². The maximum Gasteiger partial charge on any atom is -0.0415 e. The molecule has 0 radical (unpaired) electrons. The summed E-state index contributed by atoms with van der Waals surface area (Å²) in [5, 5.41) is 0. The van der Waals surface area contributed by atoms with E-state index in [0.29, 0.717) is 0 Å². The fourth-order valence-electron chi connectivity index (χ4n) is 2.72. The van der Waals surface area contributed by atoms with Gasteiger partial charge in [-0.1, -0.05) is 67.2 Å². The predicted molar refractivity (Wildman–Crippen MR) is 75.7 cm³/mol. The van der Waals surface area contributed by atoms with Crippen molar-refractivity contribution in [1.29, 1.82) is 0 Å². The van der Waals surface area contributed by atoms with Gasteiger partial charge in [-0.3, -0.25) is 0 Å². The van der Waals surface area contributed by atoms with Gasteiger partial charge in [0.15, 0.2) is 0 Å². The second-order valence-corrected chi connectivity index (χ2v) is 6.19. The van der Waals surface area contributed by atoms with Crippen molar-refractivity contribution in [3.63, 3.8) is 0 Å². The van der Waals surface area contributed by atoms with Crippen LogP contribution in [0.25, 0.3) is 0 Å². The molecule has 0 aromatic heterocycles. The van der Waals surface area contributed by atoms with E-state index in [4.69, 9.17) is 0 Å². The lowest BCUT2D eigenvalue weighted by Gasteiger charge is -2.24. The number of unbranched alkanes of at least 4 members (excludes halogenated alkanes) is 1. The maximum absolute atomic E-state index is 2.45.